The van der Waals surface area contributed by atoms with Gasteiger partial charge in [0, 0.05) is 34.6 Å². The standard InChI is InChI=1S/C22H20ClN5O6S/c1-15-5-7-18(11-19(15)28(30)31)35(32,33)27(20-10-17(23)6-8-21(20)34-2)14-22(29)26-25-13-16-4-3-9-24-12-16/h3-13H,14H2,1-2H3,(H,26,29)/b25-13-. The Kier molecular flexibility index (Phi) is 7.99. The first-order chi connectivity index (χ1) is 16.6. The first kappa shape index (κ1) is 25.6. The monoisotopic (exact) mass is 517 g/mol. The topological polar surface area (TPSA) is 144 Å². The minimum atomic E-state index is -4.48. The number of sulfonamides is 1. The molecule has 11 nitrogen and oxygen atoms in total. The molecule has 13 heteroatoms. The van der Waals surface area contributed by atoms with E-state index < -0.39 is 27.4 Å². The summed E-state index contributed by atoms with van der Waals surface area (Å²) in [5.41, 5.74) is 2.74. The second kappa shape index (κ2) is 10.9. The number of hydrogen-bond donors (Lipinski definition) is 1. The fraction of sp³-hybridized carbons (Fsp3) is 0.136. The number of nitrogens with zero attached hydrogens (tertiary/aromatic N) is 4. The van der Waals surface area contributed by atoms with Crippen molar-refractivity contribution in [2.45, 2.75) is 11.8 Å². The van der Waals surface area contributed by atoms with Crippen molar-refractivity contribution in [3.05, 3.63) is 87.2 Å². The van der Waals surface area contributed by atoms with Crippen LogP contribution in [0.4, 0.5) is 11.4 Å². The lowest BCUT2D eigenvalue weighted by Crippen LogP contribution is -2.39. The normalized spacial score (nSPS) is 11.3. The van der Waals surface area contributed by atoms with Crippen LogP contribution in [0.3, 0.4) is 0 Å². The molecule has 1 aromatic heterocycles. The molecule has 35 heavy (non-hydrogen) atoms. The summed E-state index contributed by atoms with van der Waals surface area (Å²) in [6, 6.07) is 11.1. The van der Waals surface area contributed by atoms with Crippen LogP contribution in [-0.2, 0) is 14.8 Å². The van der Waals surface area contributed by atoms with Crippen LogP contribution >= 0.6 is 11.6 Å². The van der Waals surface area contributed by atoms with Crippen molar-refractivity contribution < 1.29 is 22.9 Å². The fourth-order valence-corrected chi connectivity index (χ4v) is 4.64. The van der Waals surface area contributed by atoms with Crippen LogP contribution in [0.2, 0.25) is 5.02 Å². The van der Waals surface area contributed by atoms with Gasteiger partial charge in [-0.15, -0.1) is 0 Å². The Morgan fingerprint density at radius 1 is 1.29 bits per heavy atom. The highest BCUT2D eigenvalue weighted by molar-refractivity contribution is 7.92. The lowest BCUT2D eigenvalue weighted by Gasteiger charge is -2.25. The molecule has 0 unspecified atom stereocenters. The summed E-state index contributed by atoms with van der Waals surface area (Å²) in [7, 11) is -3.16. The molecule has 0 aliphatic carbocycles. The average Bonchev–Trinajstić information content (AvgIpc) is 2.83. The van der Waals surface area contributed by atoms with Crippen LogP contribution in [0.5, 0.6) is 5.75 Å². The van der Waals surface area contributed by atoms with E-state index in [0.717, 1.165) is 10.4 Å². The van der Waals surface area contributed by atoms with Crippen LogP contribution in [0.15, 0.2) is 70.9 Å². The molecule has 2 aromatic carbocycles. The highest BCUT2D eigenvalue weighted by Gasteiger charge is 2.31. The van der Waals surface area contributed by atoms with Gasteiger partial charge in [-0.3, -0.25) is 24.2 Å². The zero-order valence-electron chi connectivity index (χ0n) is 18.6. The van der Waals surface area contributed by atoms with E-state index in [1.54, 1.807) is 18.3 Å². The first-order valence-electron chi connectivity index (χ1n) is 9.96. The van der Waals surface area contributed by atoms with E-state index in [4.69, 9.17) is 16.3 Å². The van der Waals surface area contributed by atoms with Crippen molar-refractivity contribution in [3.8, 4) is 5.75 Å². The van der Waals surface area contributed by atoms with E-state index in [2.05, 4.69) is 15.5 Å². The number of amides is 1. The number of aryl methyl sites for hydroxylation is 1. The Bertz CT molecular complexity index is 1380. The number of hydrogen-bond acceptors (Lipinski definition) is 8. The van der Waals surface area contributed by atoms with Gasteiger partial charge in [0.2, 0.25) is 0 Å². The van der Waals surface area contributed by atoms with E-state index in [-0.39, 0.29) is 32.6 Å². The Hall–Kier alpha value is -4.03. The minimum absolute atomic E-state index is 0.0328. The van der Waals surface area contributed by atoms with Crippen molar-refractivity contribution in [2.24, 2.45) is 5.10 Å². The third-order valence-corrected chi connectivity index (χ3v) is 6.74. The van der Waals surface area contributed by atoms with Crippen LogP contribution in [-0.4, -0.2) is 44.1 Å². The number of aromatic nitrogens is 1. The van der Waals surface area contributed by atoms with Gasteiger partial charge in [0.1, 0.15) is 12.3 Å². The number of halogens is 1. The third kappa shape index (κ3) is 6.11. The number of hydrazone groups is 1. The molecule has 1 N–H and O–H groups in total. The van der Waals surface area contributed by atoms with Crippen molar-refractivity contribution in [3.63, 3.8) is 0 Å². The summed E-state index contributed by atoms with van der Waals surface area (Å²) in [5, 5.41) is 15.4. The molecule has 0 radical (unpaired) electrons. The van der Waals surface area contributed by atoms with Crippen molar-refractivity contribution in [1.29, 1.82) is 0 Å². The molecule has 0 aliphatic rings. The maximum atomic E-state index is 13.6. The van der Waals surface area contributed by atoms with Gasteiger partial charge >= 0.3 is 0 Å². The minimum Gasteiger partial charge on any atom is -0.495 e. The first-order valence-corrected chi connectivity index (χ1v) is 11.8. The number of nitro benzene ring substituents is 1. The van der Waals surface area contributed by atoms with Gasteiger partial charge in [0.15, 0.2) is 0 Å². The number of benzene rings is 2. The lowest BCUT2D eigenvalue weighted by atomic mass is 10.2. The van der Waals surface area contributed by atoms with Gasteiger partial charge in [0.25, 0.3) is 21.6 Å². The van der Waals surface area contributed by atoms with E-state index in [1.165, 1.54) is 56.8 Å². The Balaban J connectivity index is 2.01. The molecular weight excluding hydrogens is 498 g/mol. The predicted octanol–water partition coefficient (Wildman–Crippen LogP) is 3.31. The van der Waals surface area contributed by atoms with Crippen molar-refractivity contribution in [2.75, 3.05) is 18.0 Å². The zero-order chi connectivity index (χ0) is 25.6. The fourth-order valence-electron chi connectivity index (χ4n) is 3.03. The molecule has 0 atom stereocenters. The van der Waals surface area contributed by atoms with Gasteiger partial charge < -0.3 is 4.74 Å². The Labute approximate surface area is 206 Å². The van der Waals surface area contributed by atoms with Crippen LogP contribution < -0.4 is 14.5 Å². The number of ether oxygens (including phenoxy) is 1. The summed E-state index contributed by atoms with van der Waals surface area (Å²) in [6.45, 7) is 0.769. The largest absolute Gasteiger partial charge is 0.495 e. The number of methoxy groups -OCH3 is 1. The molecule has 3 aromatic rings. The van der Waals surface area contributed by atoms with E-state index in [9.17, 15) is 23.3 Å². The SMILES string of the molecule is COc1ccc(Cl)cc1N(CC(=O)N/N=C\c1cccnc1)S(=O)(=O)c1ccc(C)c([N+](=O)[O-])c1. The predicted molar refractivity (Wildman–Crippen MR) is 130 cm³/mol. The number of carbonyl (C=O) groups is 1. The lowest BCUT2D eigenvalue weighted by molar-refractivity contribution is -0.385. The van der Waals surface area contributed by atoms with Gasteiger partial charge in [0.05, 0.1) is 28.8 Å². The summed E-state index contributed by atoms with van der Waals surface area (Å²) < 4.78 is 33.2. The van der Waals surface area contributed by atoms with Crippen LogP contribution in [0.25, 0.3) is 0 Å². The zero-order valence-corrected chi connectivity index (χ0v) is 20.2. The molecule has 0 saturated carbocycles. The quantitative estimate of drug-likeness (QED) is 0.260. The second-order valence-electron chi connectivity index (χ2n) is 7.11. The number of pyridine rings is 1. The maximum absolute atomic E-state index is 13.6. The molecule has 1 amide bonds. The molecule has 0 fully saturated rings. The summed E-state index contributed by atoms with van der Waals surface area (Å²) >= 11 is 6.09. The van der Waals surface area contributed by atoms with Crippen molar-refractivity contribution >= 4 is 45.1 Å². The molecule has 0 aliphatic heterocycles. The molecule has 0 saturated heterocycles. The van der Waals surface area contributed by atoms with Gasteiger partial charge in [-0.2, -0.15) is 5.10 Å². The Morgan fingerprint density at radius 3 is 2.71 bits per heavy atom. The second-order valence-corrected chi connectivity index (χ2v) is 9.41. The Morgan fingerprint density at radius 2 is 2.06 bits per heavy atom. The number of anilines is 1. The molecule has 0 bridgehead atoms. The third-order valence-electron chi connectivity index (χ3n) is 4.75. The van der Waals surface area contributed by atoms with Gasteiger partial charge in [-0.1, -0.05) is 23.7 Å². The maximum Gasteiger partial charge on any atom is 0.273 e. The van der Waals surface area contributed by atoms with Crippen LogP contribution in [0.1, 0.15) is 11.1 Å². The highest BCUT2D eigenvalue weighted by atomic mass is 35.5. The summed E-state index contributed by atoms with van der Waals surface area (Å²) in [6.07, 6.45) is 4.44. The highest BCUT2D eigenvalue weighted by Crippen LogP contribution is 2.35. The number of carbonyl (C=O) groups excluding carboxylic acids is 1. The molecule has 1 heterocycles. The molecular formula is C22H20ClN5O6S. The van der Waals surface area contributed by atoms with Gasteiger partial charge in [-0.05, 0) is 37.3 Å². The van der Waals surface area contributed by atoms with E-state index in [1.807, 2.05) is 0 Å². The average molecular weight is 518 g/mol. The smallest absolute Gasteiger partial charge is 0.273 e. The summed E-state index contributed by atoms with van der Waals surface area (Å²) in [5.74, 6) is -0.663. The number of nitro groups is 1. The van der Waals surface area contributed by atoms with Crippen LogP contribution in [0, 0.1) is 17.0 Å². The van der Waals surface area contributed by atoms with Crippen molar-refractivity contribution in [1.82, 2.24) is 10.4 Å². The molecule has 0 spiro atoms. The van der Waals surface area contributed by atoms with Gasteiger partial charge in [-0.25, -0.2) is 13.8 Å². The number of nitrogens with one attached hydrogen (secondary N) is 1. The molecule has 182 valence electrons. The summed E-state index contributed by atoms with van der Waals surface area (Å²) in [4.78, 5) is 26.9. The molecule has 3 rings (SSSR count). The number of rotatable bonds is 9. The van der Waals surface area contributed by atoms with E-state index in [0.29, 0.717) is 5.56 Å². The van der Waals surface area contributed by atoms with E-state index >= 15 is 0 Å².